The van der Waals surface area contributed by atoms with Gasteiger partial charge in [-0.2, -0.15) is 0 Å². The van der Waals surface area contributed by atoms with E-state index in [1.807, 2.05) is 24.3 Å². The molecule has 0 saturated heterocycles. The van der Waals surface area contributed by atoms with Crippen molar-refractivity contribution in [2.24, 2.45) is 7.05 Å². The second-order valence-electron chi connectivity index (χ2n) is 3.94. The van der Waals surface area contributed by atoms with Crippen LogP contribution in [0.2, 0.25) is 0 Å². The van der Waals surface area contributed by atoms with Crippen molar-refractivity contribution < 1.29 is 5.11 Å². The summed E-state index contributed by atoms with van der Waals surface area (Å²) in [5, 5.41) is 18.4. The first-order valence-corrected chi connectivity index (χ1v) is 6.55. The van der Waals surface area contributed by atoms with Crippen LogP contribution in [0.5, 0.6) is 0 Å². The van der Waals surface area contributed by atoms with Crippen molar-refractivity contribution in [3.8, 4) is 0 Å². The molecule has 1 unspecified atom stereocenters. The molecule has 0 saturated carbocycles. The van der Waals surface area contributed by atoms with Crippen LogP contribution >= 0.6 is 31.9 Å². The summed E-state index contributed by atoms with van der Waals surface area (Å²) in [7, 11) is 1.75. The van der Waals surface area contributed by atoms with Crippen molar-refractivity contribution in [1.82, 2.24) is 15.0 Å². The van der Waals surface area contributed by atoms with E-state index < -0.39 is 5.60 Å². The van der Waals surface area contributed by atoms with Crippen molar-refractivity contribution in [2.45, 2.75) is 12.5 Å². The van der Waals surface area contributed by atoms with Gasteiger partial charge in [0.1, 0.15) is 11.3 Å². The number of aromatic nitrogens is 3. The molecular weight excluding hydrogens is 350 g/mol. The molecule has 1 aromatic heterocycles. The highest BCUT2D eigenvalue weighted by Crippen LogP contribution is 2.33. The molecule has 6 heteroatoms. The molecule has 1 heterocycles. The highest BCUT2D eigenvalue weighted by Gasteiger charge is 2.32. The van der Waals surface area contributed by atoms with Gasteiger partial charge in [-0.05, 0) is 40.5 Å². The summed E-state index contributed by atoms with van der Waals surface area (Å²) in [4.78, 5) is 0. The van der Waals surface area contributed by atoms with Gasteiger partial charge in [0.15, 0.2) is 4.60 Å². The van der Waals surface area contributed by atoms with Gasteiger partial charge < -0.3 is 5.11 Å². The third-order valence-electron chi connectivity index (χ3n) is 2.63. The number of aryl methyl sites for hydroxylation is 1. The summed E-state index contributed by atoms with van der Waals surface area (Å²) < 4.78 is 3.02. The average molecular weight is 361 g/mol. The average Bonchev–Trinajstić information content (AvgIpc) is 2.59. The maximum atomic E-state index is 10.7. The minimum absolute atomic E-state index is 0.546. The smallest absolute Gasteiger partial charge is 0.154 e. The summed E-state index contributed by atoms with van der Waals surface area (Å²) in [5.41, 5.74) is 0.245. The summed E-state index contributed by atoms with van der Waals surface area (Å²) in [6, 6.07) is 7.53. The van der Waals surface area contributed by atoms with Crippen molar-refractivity contribution >= 4 is 31.9 Å². The van der Waals surface area contributed by atoms with Crippen LogP contribution in [-0.2, 0) is 12.6 Å². The van der Waals surface area contributed by atoms with Gasteiger partial charge in [0.2, 0.25) is 0 Å². The van der Waals surface area contributed by atoms with E-state index in [9.17, 15) is 5.11 Å². The second-order valence-corrected chi connectivity index (χ2v) is 5.60. The molecule has 0 fully saturated rings. The fourth-order valence-corrected chi connectivity index (χ4v) is 2.89. The fraction of sp³-hybridized carbons (Fsp3) is 0.273. The zero-order valence-corrected chi connectivity index (χ0v) is 12.5. The summed E-state index contributed by atoms with van der Waals surface area (Å²) in [5.74, 6) is 0. The van der Waals surface area contributed by atoms with Gasteiger partial charge >= 0.3 is 0 Å². The van der Waals surface area contributed by atoms with Crippen LogP contribution in [0.4, 0.5) is 0 Å². The maximum absolute atomic E-state index is 10.7. The van der Waals surface area contributed by atoms with E-state index >= 15 is 0 Å². The molecule has 0 bridgehead atoms. The molecule has 0 aliphatic rings. The standard InChI is InChI=1S/C11H11Br2N3O/c1-11(17,7-4-3-5-8(12)6-7)9-10(13)14-15-16(9)2/h3-6,17H,1-2H3. The second kappa shape index (κ2) is 4.51. The Morgan fingerprint density at radius 3 is 2.59 bits per heavy atom. The van der Waals surface area contributed by atoms with Crippen LogP contribution in [0, 0.1) is 0 Å². The van der Waals surface area contributed by atoms with Crippen molar-refractivity contribution in [2.75, 3.05) is 0 Å². The Kier molecular flexibility index (Phi) is 3.38. The van der Waals surface area contributed by atoms with Gasteiger partial charge in [0, 0.05) is 11.5 Å². The molecule has 2 aromatic rings. The van der Waals surface area contributed by atoms with E-state index in [0.29, 0.717) is 10.3 Å². The largest absolute Gasteiger partial charge is 0.379 e. The van der Waals surface area contributed by atoms with Gasteiger partial charge in [-0.3, -0.25) is 0 Å². The molecule has 0 aliphatic carbocycles. The molecular formula is C11H11Br2N3O. The molecule has 17 heavy (non-hydrogen) atoms. The number of hydrogen-bond donors (Lipinski definition) is 1. The Morgan fingerprint density at radius 1 is 1.35 bits per heavy atom. The molecule has 1 N–H and O–H groups in total. The third kappa shape index (κ3) is 2.29. The van der Waals surface area contributed by atoms with Crippen molar-refractivity contribution in [3.05, 3.63) is 44.6 Å². The van der Waals surface area contributed by atoms with E-state index in [2.05, 4.69) is 42.2 Å². The van der Waals surface area contributed by atoms with Gasteiger partial charge in [0.25, 0.3) is 0 Å². The lowest BCUT2D eigenvalue weighted by Gasteiger charge is -2.24. The predicted molar refractivity (Wildman–Crippen MR) is 71.5 cm³/mol. The monoisotopic (exact) mass is 359 g/mol. The molecule has 0 radical (unpaired) electrons. The van der Waals surface area contributed by atoms with E-state index in [-0.39, 0.29) is 0 Å². The van der Waals surface area contributed by atoms with Crippen LogP contribution in [0.25, 0.3) is 0 Å². The molecule has 0 spiro atoms. The Morgan fingerprint density at radius 2 is 2.06 bits per heavy atom. The maximum Gasteiger partial charge on any atom is 0.154 e. The molecule has 90 valence electrons. The van der Waals surface area contributed by atoms with E-state index in [1.165, 1.54) is 0 Å². The first-order valence-electron chi connectivity index (χ1n) is 4.97. The Labute approximate surface area is 116 Å². The lowest BCUT2D eigenvalue weighted by Crippen LogP contribution is -2.26. The number of rotatable bonds is 2. The topological polar surface area (TPSA) is 50.9 Å². The summed E-state index contributed by atoms with van der Waals surface area (Å²) in [6.45, 7) is 1.72. The summed E-state index contributed by atoms with van der Waals surface area (Å²) in [6.07, 6.45) is 0. The normalized spacial score (nSPS) is 14.6. The molecule has 1 atom stereocenters. The molecule has 0 aliphatic heterocycles. The first kappa shape index (κ1) is 12.7. The summed E-state index contributed by atoms with van der Waals surface area (Å²) >= 11 is 6.70. The zero-order chi connectivity index (χ0) is 12.6. The minimum atomic E-state index is -1.15. The van der Waals surface area contributed by atoms with E-state index in [4.69, 9.17) is 0 Å². The van der Waals surface area contributed by atoms with E-state index in [0.717, 1.165) is 10.0 Å². The quantitative estimate of drug-likeness (QED) is 0.895. The molecule has 2 rings (SSSR count). The van der Waals surface area contributed by atoms with Crippen LogP contribution in [0.3, 0.4) is 0 Å². The number of benzene rings is 1. The van der Waals surface area contributed by atoms with Crippen LogP contribution in [0.1, 0.15) is 18.2 Å². The molecule has 1 aromatic carbocycles. The van der Waals surface area contributed by atoms with Gasteiger partial charge in [-0.25, -0.2) is 4.68 Å². The van der Waals surface area contributed by atoms with Crippen molar-refractivity contribution in [1.29, 1.82) is 0 Å². The fourth-order valence-electron chi connectivity index (χ4n) is 1.78. The number of halogens is 2. The number of hydrogen-bond acceptors (Lipinski definition) is 3. The Bertz CT molecular complexity index is 532. The molecule has 4 nitrogen and oxygen atoms in total. The third-order valence-corrected chi connectivity index (χ3v) is 3.66. The number of aliphatic hydroxyl groups is 1. The van der Waals surface area contributed by atoms with Gasteiger partial charge in [0.05, 0.1) is 0 Å². The number of nitrogens with zero attached hydrogens (tertiary/aromatic N) is 3. The van der Waals surface area contributed by atoms with Gasteiger partial charge in [-0.1, -0.05) is 33.3 Å². The highest BCUT2D eigenvalue weighted by molar-refractivity contribution is 9.10. The van der Waals surface area contributed by atoms with E-state index in [1.54, 1.807) is 18.7 Å². The first-order chi connectivity index (χ1) is 7.93. The predicted octanol–water partition coefficient (Wildman–Crippen LogP) is 2.60. The lowest BCUT2D eigenvalue weighted by molar-refractivity contribution is 0.0920. The van der Waals surface area contributed by atoms with Crippen LogP contribution in [-0.4, -0.2) is 20.1 Å². The lowest BCUT2D eigenvalue weighted by atomic mass is 9.93. The SMILES string of the molecule is Cn1nnc(Br)c1C(C)(O)c1cccc(Br)c1. The molecule has 0 amide bonds. The van der Waals surface area contributed by atoms with Crippen molar-refractivity contribution in [3.63, 3.8) is 0 Å². The minimum Gasteiger partial charge on any atom is -0.379 e. The zero-order valence-electron chi connectivity index (χ0n) is 9.35. The van der Waals surface area contributed by atoms with Crippen LogP contribution in [0.15, 0.2) is 33.3 Å². The highest BCUT2D eigenvalue weighted by atomic mass is 79.9. The van der Waals surface area contributed by atoms with Crippen LogP contribution < -0.4 is 0 Å². The Hall–Kier alpha value is -0.720. The Balaban J connectivity index is 2.57. The van der Waals surface area contributed by atoms with Gasteiger partial charge in [-0.15, -0.1) is 5.10 Å².